The fourth-order valence-electron chi connectivity index (χ4n) is 1.52. The van der Waals surface area contributed by atoms with Crippen LogP contribution in [0.2, 0.25) is 0 Å². The van der Waals surface area contributed by atoms with Gasteiger partial charge in [-0.1, -0.05) is 5.92 Å². The molecule has 2 atom stereocenters. The molecular formula is C11H15N3O3. The van der Waals surface area contributed by atoms with Crippen LogP contribution in [0.3, 0.4) is 0 Å². The number of carbonyl (C=O) groups is 3. The second-order valence-electron chi connectivity index (χ2n) is 3.81. The van der Waals surface area contributed by atoms with E-state index in [1.165, 1.54) is 0 Å². The van der Waals surface area contributed by atoms with Gasteiger partial charge in [0, 0.05) is 6.42 Å². The summed E-state index contributed by atoms with van der Waals surface area (Å²) in [5, 5.41) is 7.57. The smallest absolute Gasteiger partial charge is 0.243 e. The number of imide groups is 1. The van der Waals surface area contributed by atoms with Gasteiger partial charge in [-0.3, -0.25) is 25.0 Å². The number of hydrogen-bond donors (Lipinski definition) is 3. The second-order valence-corrected chi connectivity index (χ2v) is 3.81. The van der Waals surface area contributed by atoms with Gasteiger partial charge in [-0.15, -0.1) is 6.42 Å². The van der Waals surface area contributed by atoms with Crippen molar-refractivity contribution in [2.24, 2.45) is 0 Å². The van der Waals surface area contributed by atoms with Crippen LogP contribution in [0, 0.1) is 12.3 Å². The van der Waals surface area contributed by atoms with E-state index in [9.17, 15) is 14.4 Å². The van der Waals surface area contributed by atoms with E-state index in [1.807, 2.05) is 0 Å². The summed E-state index contributed by atoms with van der Waals surface area (Å²) in [5.41, 5.74) is 0. The lowest BCUT2D eigenvalue weighted by Gasteiger charge is -2.24. The summed E-state index contributed by atoms with van der Waals surface area (Å²) >= 11 is 0. The first-order chi connectivity index (χ1) is 8.04. The topological polar surface area (TPSA) is 87.3 Å². The minimum atomic E-state index is -0.535. The van der Waals surface area contributed by atoms with Crippen LogP contribution in [-0.4, -0.2) is 36.3 Å². The first-order valence-corrected chi connectivity index (χ1v) is 5.35. The Balaban J connectivity index is 2.43. The Labute approximate surface area is 99.5 Å². The number of amides is 3. The van der Waals surface area contributed by atoms with Crippen molar-refractivity contribution in [1.29, 1.82) is 0 Å². The van der Waals surface area contributed by atoms with Crippen molar-refractivity contribution in [1.82, 2.24) is 16.0 Å². The maximum Gasteiger partial charge on any atom is 0.243 e. The van der Waals surface area contributed by atoms with Gasteiger partial charge in [-0.2, -0.15) is 0 Å². The number of hydrogen-bond acceptors (Lipinski definition) is 4. The van der Waals surface area contributed by atoms with Crippen LogP contribution >= 0.6 is 0 Å². The van der Waals surface area contributed by atoms with Crippen LogP contribution in [0.5, 0.6) is 0 Å². The molecule has 1 aliphatic rings. The summed E-state index contributed by atoms with van der Waals surface area (Å²) in [6, 6.07) is -1.05. The van der Waals surface area contributed by atoms with Gasteiger partial charge < -0.3 is 5.32 Å². The average Bonchev–Trinajstić information content (AvgIpc) is 2.29. The number of piperidine rings is 1. The highest BCUT2D eigenvalue weighted by Gasteiger charge is 2.28. The van der Waals surface area contributed by atoms with Crippen LogP contribution in [-0.2, 0) is 14.4 Å². The maximum absolute atomic E-state index is 11.5. The van der Waals surface area contributed by atoms with E-state index in [0.29, 0.717) is 6.42 Å². The highest BCUT2D eigenvalue weighted by Crippen LogP contribution is 2.05. The van der Waals surface area contributed by atoms with Crippen LogP contribution in [0.15, 0.2) is 0 Å². The molecular weight excluding hydrogens is 222 g/mol. The molecule has 2 unspecified atom stereocenters. The van der Waals surface area contributed by atoms with Gasteiger partial charge in [0.05, 0.1) is 18.6 Å². The van der Waals surface area contributed by atoms with Crippen molar-refractivity contribution in [2.45, 2.75) is 31.8 Å². The molecule has 92 valence electrons. The summed E-state index contributed by atoms with van der Waals surface area (Å²) in [5.74, 6) is 1.35. The molecule has 1 rings (SSSR count). The number of nitrogens with one attached hydrogen (secondary N) is 3. The SMILES string of the molecule is C#CCNC(=O)C(C)NC1CCC(=O)NC1=O. The summed E-state index contributed by atoms with van der Waals surface area (Å²) < 4.78 is 0. The minimum absolute atomic E-state index is 0.153. The quantitative estimate of drug-likeness (QED) is 0.411. The Bertz CT molecular complexity index is 373. The standard InChI is InChI=1S/C11H15N3O3/c1-3-6-12-10(16)7(2)13-8-4-5-9(15)14-11(8)17/h1,7-8,13H,4-6H2,2H3,(H,12,16)(H,14,15,17). The molecule has 17 heavy (non-hydrogen) atoms. The highest BCUT2D eigenvalue weighted by atomic mass is 16.2. The Hall–Kier alpha value is -1.87. The Morgan fingerprint density at radius 1 is 1.65 bits per heavy atom. The predicted octanol–water partition coefficient (Wildman–Crippen LogP) is -1.48. The van der Waals surface area contributed by atoms with Crippen molar-refractivity contribution in [3.05, 3.63) is 0 Å². The molecule has 0 saturated carbocycles. The van der Waals surface area contributed by atoms with E-state index in [2.05, 4.69) is 21.9 Å². The van der Waals surface area contributed by atoms with Crippen molar-refractivity contribution in [2.75, 3.05) is 6.54 Å². The van der Waals surface area contributed by atoms with Gasteiger partial charge in [0.1, 0.15) is 0 Å². The van der Waals surface area contributed by atoms with Crippen LogP contribution in [0.4, 0.5) is 0 Å². The zero-order chi connectivity index (χ0) is 12.8. The third-order valence-corrected chi connectivity index (χ3v) is 2.45. The summed E-state index contributed by atoms with van der Waals surface area (Å²) in [7, 11) is 0. The van der Waals surface area contributed by atoms with E-state index >= 15 is 0 Å². The first-order valence-electron chi connectivity index (χ1n) is 5.35. The Morgan fingerprint density at radius 3 is 2.94 bits per heavy atom. The van der Waals surface area contributed by atoms with Gasteiger partial charge in [0.25, 0.3) is 0 Å². The lowest BCUT2D eigenvalue weighted by molar-refractivity contribution is -0.135. The minimum Gasteiger partial charge on any atom is -0.344 e. The molecule has 0 aromatic carbocycles. The largest absolute Gasteiger partial charge is 0.344 e. The molecule has 0 aromatic rings. The van der Waals surface area contributed by atoms with Gasteiger partial charge in [0.15, 0.2) is 0 Å². The monoisotopic (exact) mass is 237 g/mol. The first kappa shape index (κ1) is 13.2. The van der Waals surface area contributed by atoms with Crippen LogP contribution in [0.1, 0.15) is 19.8 Å². The van der Waals surface area contributed by atoms with Crippen molar-refractivity contribution < 1.29 is 14.4 Å². The lowest BCUT2D eigenvalue weighted by Crippen LogP contribution is -2.55. The van der Waals surface area contributed by atoms with E-state index in [1.54, 1.807) is 6.92 Å². The molecule has 0 spiro atoms. The third kappa shape index (κ3) is 3.89. The lowest BCUT2D eigenvalue weighted by atomic mass is 10.1. The van der Waals surface area contributed by atoms with Crippen LogP contribution in [0.25, 0.3) is 0 Å². The normalized spacial score (nSPS) is 21.3. The molecule has 0 aliphatic carbocycles. The molecule has 1 saturated heterocycles. The second kappa shape index (κ2) is 6.01. The number of carbonyl (C=O) groups excluding carboxylic acids is 3. The molecule has 0 radical (unpaired) electrons. The van der Waals surface area contributed by atoms with E-state index < -0.39 is 18.0 Å². The van der Waals surface area contributed by atoms with Crippen molar-refractivity contribution in [3.8, 4) is 12.3 Å². The van der Waals surface area contributed by atoms with Gasteiger partial charge >= 0.3 is 0 Å². The summed E-state index contributed by atoms with van der Waals surface area (Å²) in [6.07, 6.45) is 5.69. The van der Waals surface area contributed by atoms with Crippen molar-refractivity contribution in [3.63, 3.8) is 0 Å². The molecule has 6 nitrogen and oxygen atoms in total. The fraction of sp³-hybridized carbons (Fsp3) is 0.545. The zero-order valence-electron chi connectivity index (χ0n) is 9.58. The molecule has 3 amide bonds. The van der Waals surface area contributed by atoms with E-state index in [-0.39, 0.29) is 24.8 Å². The molecule has 6 heteroatoms. The summed E-state index contributed by atoms with van der Waals surface area (Å²) in [4.78, 5) is 33.8. The highest BCUT2D eigenvalue weighted by molar-refractivity contribution is 6.00. The van der Waals surface area contributed by atoms with E-state index in [4.69, 9.17) is 6.42 Å². The van der Waals surface area contributed by atoms with Gasteiger partial charge in [0.2, 0.25) is 17.7 Å². The molecule has 1 heterocycles. The Morgan fingerprint density at radius 2 is 2.35 bits per heavy atom. The average molecular weight is 237 g/mol. The third-order valence-electron chi connectivity index (χ3n) is 2.45. The molecule has 0 aromatic heterocycles. The maximum atomic E-state index is 11.5. The summed E-state index contributed by atoms with van der Waals surface area (Å²) in [6.45, 7) is 1.79. The van der Waals surface area contributed by atoms with E-state index in [0.717, 1.165) is 0 Å². The fourth-order valence-corrected chi connectivity index (χ4v) is 1.52. The zero-order valence-corrected chi connectivity index (χ0v) is 9.58. The Kier molecular flexibility index (Phi) is 4.67. The van der Waals surface area contributed by atoms with Crippen LogP contribution < -0.4 is 16.0 Å². The van der Waals surface area contributed by atoms with Crippen molar-refractivity contribution >= 4 is 17.7 Å². The molecule has 0 bridgehead atoms. The number of rotatable bonds is 4. The molecule has 1 fully saturated rings. The van der Waals surface area contributed by atoms with Gasteiger partial charge in [-0.05, 0) is 13.3 Å². The van der Waals surface area contributed by atoms with Gasteiger partial charge in [-0.25, -0.2) is 0 Å². The predicted molar refractivity (Wildman–Crippen MR) is 60.6 cm³/mol. The molecule has 3 N–H and O–H groups in total. The molecule has 1 aliphatic heterocycles. The number of terminal acetylenes is 1.